The van der Waals surface area contributed by atoms with Crippen LogP contribution in [0.15, 0.2) is 69.9 Å². The Labute approximate surface area is 199 Å². The highest BCUT2D eigenvalue weighted by molar-refractivity contribution is 9.10. The first kappa shape index (κ1) is 24.1. The summed E-state index contributed by atoms with van der Waals surface area (Å²) in [7, 11) is 0. The van der Waals surface area contributed by atoms with Crippen molar-refractivity contribution in [3.63, 3.8) is 0 Å². The Bertz CT molecular complexity index is 1130. The van der Waals surface area contributed by atoms with Crippen LogP contribution in [-0.2, 0) is 11.3 Å². The number of nitrogens with zero attached hydrogens (tertiary/aromatic N) is 1. The van der Waals surface area contributed by atoms with Gasteiger partial charge in [-0.25, -0.2) is 4.79 Å². The Morgan fingerprint density at radius 2 is 1.85 bits per heavy atom. The fraction of sp³-hybridized carbons (Fsp3) is 0.208. The minimum atomic E-state index is -0.662. The smallest absolute Gasteiger partial charge is 0.407 e. The van der Waals surface area contributed by atoms with Gasteiger partial charge < -0.3 is 20.2 Å². The molecule has 8 nitrogen and oxygen atoms in total. The maximum Gasteiger partial charge on any atom is 0.407 e. The third kappa shape index (κ3) is 6.23. The molecule has 33 heavy (non-hydrogen) atoms. The third-order valence-corrected chi connectivity index (χ3v) is 5.11. The monoisotopic (exact) mass is 513 g/mol. The lowest BCUT2D eigenvalue weighted by Gasteiger charge is -2.23. The lowest BCUT2D eigenvalue weighted by Crippen LogP contribution is -2.28. The van der Waals surface area contributed by atoms with Crippen LogP contribution in [0.4, 0.5) is 16.2 Å². The summed E-state index contributed by atoms with van der Waals surface area (Å²) in [4.78, 5) is 38.6. The summed E-state index contributed by atoms with van der Waals surface area (Å²) in [6.07, 6.45) is 2.35. The number of hydrogen-bond acceptors (Lipinski definition) is 5. The molecule has 1 aromatic heterocycles. The molecular formula is C24H24BrN3O5. The molecule has 0 aliphatic rings. The number of hydrogen-bond donors (Lipinski definition) is 2. The molecule has 172 valence electrons. The molecule has 3 amide bonds. The van der Waals surface area contributed by atoms with E-state index in [1.807, 2.05) is 13.8 Å². The van der Waals surface area contributed by atoms with Gasteiger partial charge in [0.25, 0.3) is 11.8 Å². The second-order valence-electron chi connectivity index (χ2n) is 7.69. The first-order chi connectivity index (χ1) is 15.8. The minimum Gasteiger partial charge on any atom is -0.470 e. The molecule has 3 N–H and O–H groups in total. The molecule has 0 unspecified atom stereocenters. The summed E-state index contributed by atoms with van der Waals surface area (Å²) in [6, 6.07) is 13.3. The number of rotatable bonds is 8. The number of alkyl carbamates (subject to hydrolysis) is 1. The van der Waals surface area contributed by atoms with E-state index in [2.05, 4.69) is 21.2 Å². The quantitative estimate of drug-likeness (QED) is 0.439. The molecule has 0 fully saturated rings. The SMILES string of the molecule is CC(C)COC(=O)NCc1ccc(C(=O)N(c2ccoc2)c2cc(Br)ccc2C(N)=O)cc1. The molecule has 0 aliphatic carbocycles. The van der Waals surface area contributed by atoms with Crippen molar-refractivity contribution in [3.8, 4) is 0 Å². The van der Waals surface area contributed by atoms with Crippen molar-refractivity contribution in [1.82, 2.24) is 5.32 Å². The van der Waals surface area contributed by atoms with Gasteiger partial charge in [0.2, 0.25) is 0 Å². The highest BCUT2D eigenvalue weighted by Crippen LogP contribution is 2.33. The van der Waals surface area contributed by atoms with Crippen LogP contribution >= 0.6 is 15.9 Å². The van der Waals surface area contributed by atoms with Crippen LogP contribution in [0.1, 0.15) is 40.1 Å². The first-order valence-electron chi connectivity index (χ1n) is 10.2. The van der Waals surface area contributed by atoms with E-state index in [0.29, 0.717) is 28.0 Å². The molecule has 0 bridgehead atoms. The number of benzene rings is 2. The zero-order valence-electron chi connectivity index (χ0n) is 18.2. The van der Waals surface area contributed by atoms with Gasteiger partial charge in [0.1, 0.15) is 6.26 Å². The summed E-state index contributed by atoms with van der Waals surface area (Å²) in [6.45, 7) is 4.51. The van der Waals surface area contributed by atoms with Crippen LogP contribution in [0.25, 0.3) is 0 Å². The van der Waals surface area contributed by atoms with Crippen LogP contribution in [0.5, 0.6) is 0 Å². The Morgan fingerprint density at radius 1 is 1.12 bits per heavy atom. The van der Waals surface area contributed by atoms with Crippen LogP contribution in [0, 0.1) is 5.92 Å². The summed E-state index contributed by atoms with van der Waals surface area (Å²) in [5.74, 6) is -0.794. The van der Waals surface area contributed by atoms with E-state index >= 15 is 0 Å². The average Bonchev–Trinajstić information content (AvgIpc) is 3.31. The molecule has 0 saturated carbocycles. The molecular weight excluding hydrogens is 490 g/mol. The molecule has 9 heteroatoms. The highest BCUT2D eigenvalue weighted by atomic mass is 79.9. The summed E-state index contributed by atoms with van der Waals surface area (Å²) in [5.41, 5.74) is 7.67. The number of nitrogens with one attached hydrogen (secondary N) is 1. The Hall–Kier alpha value is -3.59. The van der Waals surface area contributed by atoms with E-state index in [0.717, 1.165) is 5.56 Å². The second-order valence-corrected chi connectivity index (χ2v) is 8.61. The van der Waals surface area contributed by atoms with Gasteiger partial charge in [-0.3, -0.25) is 14.5 Å². The fourth-order valence-electron chi connectivity index (χ4n) is 3.01. The van der Waals surface area contributed by atoms with Crippen molar-refractivity contribution >= 4 is 45.2 Å². The predicted molar refractivity (Wildman–Crippen MR) is 127 cm³/mol. The van der Waals surface area contributed by atoms with Gasteiger partial charge in [-0.15, -0.1) is 0 Å². The van der Waals surface area contributed by atoms with Crippen LogP contribution < -0.4 is 16.0 Å². The molecule has 0 spiro atoms. The first-order valence-corrected chi connectivity index (χ1v) is 11.0. The number of halogens is 1. The van der Waals surface area contributed by atoms with Crippen LogP contribution in [0.3, 0.4) is 0 Å². The fourth-order valence-corrected chi connectivity index (χ4v) is 3.36. The lowest BCUT2D eigenvalue weighted by atomic mass is 10.1. The van der Waals surface area contributed by atoms with Crippen LogP contribution in [0.2, 0.25) is 0 Å². The zero-order chi connectivity index (χ0) is 24.0. The summed E-state index contributed by atoms with van der Waals surface area (Å²) >= 11 is 3.38. The van der Waals surface area contributed by atoms with Gasteiger partial charge in [0.15, 0.2) is 0 Å². The number of carbonyl (C=O) groups excluding carboxylic acids is 3. The number of amides is 3. The van der Waals surface area contributed by atoms with Crippen molar-refractivity contribution < 1.29 is 23.5 Å². The van der Waals surface area contributed by atoms with E-state index in [1.165, 1.54) is 17.4 Å². The number of ether oxygens (including phenoxy) is 1. The summed E-state index contributed by atoms with van der Waals surface area (Å²) < 4.78 is 10.9. The van der Waals surface area contributed by atoms with Gasteiger partial charge in [-0.05, 0) is 41.8 Å². The Kier molecular flexibility index (Phi) is 7.89. The maximum atomic E-state index is 13.5. The van der Waals surface area contributed by atoms with Crippen molar-refractivity contribution in [2.24, 2.45) is 11.7 Å². The minimum absolute atomic E-state index is 0.188. The zero-order valence-corrected chi connectivity index (χ0v) is 19.8. The van der Waals surface area contributed by atoms with E-state index in [1.54, 1.807) is 48.5 Å². The number of furan rings is 1. The lowest BCUT2D eigenvalue weighted by molar-refractivity contribution is 0.0998. The van der Waals surface area contributed by atoms with Crippen molar-refractivity contribution in [3.05, 3.63) is 82.2 Å². The molecule has 3 aromatic rings. The molecule has 0 aliphatic heterocycles. The number of primary amides is 1. The van der Waals surface area contributed by atoms with Gasteiger partial charge in [-0.2, -0.15) is 0 Å². The molecule has 0 saturated heterocycles. The topological polar surface area (TPSA) is 115 Å². The molecule has 0 atom stereocenters. The normalized spacial score (nSPS) is 10.7. The van der Waals surface area contributed by atoms with Crippen LogP contribution in [-0.4, -0.2) is 24.5 Å². The molecule has 2 aromatic carbocycles. The molecule has 0 radical (unpaired) electrons. The van der Waals surface area contributed by atoms with Gasteiger partial charge in [0.05, 0.1) is 29.8 Å². The van der Waals surface area contributed by atoms with Crippen molar-refractivity contribution in [1.29, 1.82) is 0 Å². The van der Waals surface area contributed by atoms with Gasteiger partial charge in [0, 0.05) is 22.6 Å². The van der Waals surface area contributed by atoms with Crippen molar-refractivity contribution in [2.45, 2.75) is 20.4 Å². The number of anilines is 2. The number of carbonyl (C=O) groups is 3. The van der Waals surface area contributed by atoms with Gasteiger partial charge >= 0.3 is 6.09 Å². The van der Waals surface area contributed by atoms with Gasteiger partial charge in [-0.1, -0.05) is 41.9 Å². The molecule has 3 rings (SSSR count). The maximum absolute atomic E-state index is 13.5. The predicted octanol–water partition coefficient (Wildman–Crippen LogP) is 5.00. The third-order valence-electron chi connectivity index (χ3n) is 4.62. The highest BCUT2D eigenvalue weighted by Gasteiger charge is 2.25. The van der Waals surface area contributed by atoms with E-state index in [9.17, 15) is 14.4 Å². The van der Waals surface area contributed by atoms with E-state index in [4.69, 9.17) is 14.9 Å². The van der Waals surface area contributed by atoms with Crippen molar-refractivity contribution in [2.75, 3.05) is 11.5 Å². The Balaban J connectivity index is 1.83. The largest absolute Gasteiger partial charge is 0.470 e. The average molecular weight is 514 g/mol. The van der Waals surface area contributed by atoms with E-state index in [-0.39, 0.29) is 23.9 Å². The summed E-state index contributed by atoms with van der Waals surface area (Å²) in [5, 5.41) is 2.67. The van der Waals surface area contributed by atoms with E-state index < -0.39 is 12.0 Å². The second kappa shape index (κ2) is 10.8. The molecule has 1 heterocycles. The Morgan fingerprint density at radius 3 is 2.45 bits per heavy atom. The standard InChI is InChI=1S/C24H24BrN3O5/c1-15(2)13-33-24(31)27-12-16-3-5-17(6-4-16)23(30)28(19-9-10-32-14-19)21-11-18(25)7-8-20(21)22(26)29/h3-11,14-15H,12-13H2,1-2H3,(H2,26,29)(H,27,31). The number of nitrogens with two attached hydrogens (primary N) is 1.